The zero-order chi connectivity index (χ0) is 27.6. The van der Waals surface area contributed by atoms with E-state index in [2.05, 4.69) is 26.1 Å². The molecule has 0 radical (unpaired) electrons. The van der Waals surface area contributed by atoms with Crippen molar-refractivity contribution in [1.29, 1.82) is 0 Å². The molecule has 1 unspecified atom stereocenters. The van der Waals surface area contributed by atoms with E-state index in [0.29, 0.717) is 29.6 Å². The van der Waals surface area contributed by atoms with E-state index in [0.717, 1.165) is 16.8 Å². The van der Waals surface area contributed by atoms with Gasteiger partial charge in [-0.3, -0.25) is 14.5 Å². The first-order valence-electron chi connectivity index (χ1n) is 12.4. The number of carbonyl (C=O) groups is 2. The molecule has 38 heavy (non-hydrogen) atoms. The average molecular weight is 558 g/mol. The smallest absolute Gasteiger partial charge is 0.240 e. The van der Waals surface area contributed by atoms with Gasteiger partial charge in [-0.15, -0.1) is 11.8 Å². The van der Waals surface area contributed by atoms with E-state index in [1.807, 2.05) is 37.2 Å². The molecular weight excluding hydrogens is 525 g/mol. The van der Waals surface area contributed by atoms with Crippen LogP contribution in [0.5, 0.6) is 0 Å². The molecule has 202 valence electrons. The van der Waals surface area contributed by atoms with Gasteiger partial charge in [-0.05, 0) is 50.0 Å². The fourth-order valence-corrected chi connectivity index (χ4v) is 5.78. The summed E-state index contributed by atoms with van der Waals surface area (Å²) in [6.07, 6.45) is 0. The third kappa shape index (κ3) is 6.22. The number of hydrogen-bond acceptors (Lipinski definition) is 5. The highest BCUT2D eigenvalue weighted by molar-refractivity contribution is 8.00. The first-order chi connectivity index (χ1) is 18.0. The molecule has 3 aromatic rings. The number of benzene rings is 2. The van der Waals surface area contributed by atoms with Crippen LogP contribution < -0.4 is 10.2 Å². The minimum absolute atomic E-state index is 0.125. The van der Waals surface area contributed by atoms with Gasteiger partial charge in [0, 0.05) is 29.1 Å². The molecule has 0 bridgehead atoms. The summed E-state index contributed by atoms with van der Waals surface area (Å²) in [6.45, 7) is 7.13. The third-order valence-corrected chi connectivity index (χ3v) is 7.68. The molecule has 1 aliphatic heterocycles. The quantitative estimate of drug-likeness (QED) is 0.451. The molecule has 0 saturated heterocycles. The van der Waals surface area contributed by atoms with Crippen molar-refractivity contribution in [3.8, 4) is 5.69 Å². The number of hydrogen-bond donors (Lipinski definition) is 1. The number of carbonyl (C=O) groups excluding carboxylic acids is 2. The van der Waals surface area contributed by atoms with Gasteiger partial charge in [0.15, 0.2) is 0 Å². The Hall–Kier alpha value is -2.88. The van der Waals surface area contributed by atoms with Crippen LogP contribution in [-0.4, -0.2) is 66.0 Å². The largest absolute Gasteiger partial charge is 0.353 e. The van der Waals surface area contributed by atoms with Crippen LogP contribution in [-0.2, 0) is 15.0 Å². The van der Waals surface area contributed by atoms with Crippen molar-refractivity contribution in [2.75, 3.05) is 44.4 Å². The fraction of sp³-hybridized carbons (Fsp3) is 0.393. The summed E-state index contributed by atoms with van der Waals surface area (Å²) in [7, 11) is 3.86. The second kappa shape index (κ2) is 11.5. The summed E-state index contributed by atoms with van der Waals surface area (Å²) in [5.74, 6) is -0.209. The summed E-state index contributed by atoms with van der Waals surface area (Å²) in [4.78, 5) is 30.1. The van der Waals surface area contributed by atoms with Gasteiger partial charge in [0.05, 0.1) is 22.4 Å². The molecule has 1 aromatic heterocycles. The molecule has 0 fully saturated rings. The average Bonchev–Trinajstić information content (AvgIpc) is 3.17. The van der Waals surface area contributed by atoms with E-state index in [9.17, 15) is 14.0 Å². The summed E-state index contributed by atoms with van der Waals surface area (Å²) < 4.78 is 16.1. The molecule has 1 atom stereocenters. The summed E-state index contributed by atoms with van der Waals surface area (Å²) >= 11 is 7.76. The predicted octanol–water partition coefficient (Wildman–Crippen LogP) is 4.81. The van der Waals surface area contributed by atoms with Crippen molar-refractivity contribution in [2.24, 2.45) is 0 Å². The number of halogens is 2. The third-order valence-electron chi connectivity index (χ3n) is 6.19. The lowest BCUT2D eigenvalue weighted by molar-refractivity contribution is -0.122. The molecule has 2 amide bonds. The van der Waals surface area contributed by atoms with Crippen LogP contribution in [0, 0.1) is 5.82 Å². The Morgan fingerprint density at radius 3 is 2.61 bits per heavy atom. The van der Waals surface area contributed by atoms with E-state index in [4.69, 9.17) is 16.7 Å². The van der Waals surface area contributed by atoms with E-state index in [-0.39, 0.29) is 35.2 Å². The number of fused-ring (bicyclic) bond motifs is 1. The number of nitrogens with one attached hydrogen (secondary N) is 1. The minimum Gasteiger partial charge on any atom is -0.353 e. The number of rotatable bonds is 7. The van der Waals surface area contributed by atoms with Crippen molar-refractivity contribution in [2.45, 2.75) is 31.4 Å². The highest BCUT2D eigenvalue weighted by atomic mass is 35.5. The van der Waals surface area contributed by atoms with Gasteiger partial charge in [0.25, 0.3) is 0 Å². The van der Waals surface area contributed by atoms with Crippen LogP contribution in [0.2, 0.25) is 5.02 Å². The SMILES string of the molecule is CN(C)CCNC(=O)CN1C(=O)CSC(c2cccc(F)c2)c2c(C(C)(C)C)nn(-c3cccc(Cl)c3)c21. The van der Waals surface area contributed by atoms with E-state index in [1.165, 1.54) is 28.8 Å². The lowest BCUT2D eigenvalue weighted by Crippen LogP contribution is -2.43. The summed E-state index contributed by atoms with van der Waals surface area (Å²) in [6, 6.07) is 13.7. The van der Waals surface area contributed by atoms with Crippen LogP contribution in [0.4, 0.5) is 10.2 Å². The van der Waals surface area contributed by atoms with Crippen molar-refractivity contribution in [3.05, 3.63) is 76.2 Å². The Labute approximate surface area is 232 Å². The standard InChI is InChI=1S/C28H33ClFN5O2S/c1-28(2,3)26-24-25(18-8-6-10-20(30)14-18)38-17-23(37)34(16-22(36)31-12-13-33(4)5)27(24)35(32-26)21-11-7-9-19(29)15-21/h6-11,14-15,25H,12-13,16-17H2,1-5H3,(H,31,36). The number of likely N-dealkylation sites (N-methyl/N-ethyl adjacent to an activating group) is 1. The van der Waals surface area contributed by atoms with E-state index in [1.54, 1.807) is 22.9 Å². The van der Waals surface area contributed by atoms with Gasteiger partial charge in [-0.1, -0.05) is 50.6 Å². The second-order valence-electron chi connectivity index (χ2n) is 10.6. The highest BCUT2D eigenvalue weighted by Gasteiger charge is 2.40. The molecule has 0 saturated carbocycles. The van der Waals surface area contributed by atoms with Crippen LogP contribution >= 0.6 is 23.4 Å². The Morgan fingerprint density at radius 1 is 1.21 bits per heavy atom. The molecule has 2 heterocycles. The molecule has 1 aliphatic rings. The van der Waals surface area contributed by atoms with Gasteiger partial charge in [0.1, 0.15) is 18.2 Å². The molecule has 4 rings (SSSR count). The first-order valence-corrected chi connectivity index (χ1v) is 13.9. The van der Waals surface area contributed by atoms with Gasteiger partial charge in [-0.2, -0.15) is 5.10 Å². The van der Waals surface area contributed by atoms with Crippen LogP contribution in [0.3, 0.4) is 0 Å². The maximum Gasteiger partial charge on any atom is 0.240 e. The molecule has 7 nitrogen and oxygen atoms in total. The Bertz CT molecular complexity index is 1340. The molecule has 1 N–H and O–H groups in total. The maximum absolute atomic E-state index is 14.4. The van der Waals surface area contributed by atoms with Gasteiger partial charge >= 0.3 is 0 Å². The number of nitrogens with zero attached hydrogens (tertiary/aromatic N) is 4. The van der Waals surface area contributed by atoms with Gasteiger partial charge < -0.3 is 10.2 Å². The van der Waals surface area contributed by atoms with Crippen LogP contribution in [0.25, 0.3) is 5.69 Å². The molecule has 10 heteroatoms. The Balaban J connectivity index is 1.93. The summed E-state index contributed by atoms with van der Waals surface area (Å²) in [5, 5.41) is 8.07. The second-order valence-corrected chi connectivity index (χ2v) is 12.1. The lowest BCUT2D eigenvalue weighted by Gasteiger charge is -2.24. The van der Waals surface area contributed by atoms with Gasteiger partial charge in [-0.25, -0.2) is 9.07 Å². The van der Waals surface area contributed by atoms with Crippen molar-refractivity contribution >= 4 is 41.0 Å². The normalized spacial score (nSPS) is 15.9. The molecule has 0 spiro atoms. The molecular formula is C28H33ClFN5O2S. The molecule has 2 aromatic carbocycles. The molecule has 0 aliphatic carbocycles. The fourth-order valence-electron chi connectivity index (χ4n) is 4.41. The van der Waals surface area contributed by atoms with E-state index >= 15 is 0 Å². The lowest BCUT2D eigenvalue weighted by atomic mass is 9.87. The van der Waals surface area contributed by atoms with Crippen LogP contribution in [0.15, 0.2) is 48.5 Å². The predicted molar refractivity (Wildman–Crippen MR) is 152 cm³/mol. The number of thioether (sulfide) groups is 1. The van der Waals surface area contributed by atoms with Crippen molar-refractivity contribution in [1.82, 2.24) is 20.0 Å². The minimum atomic E-state index is -0.410. The number of anilines is 1. The number of amides is 2. The maximum atomic E-state index is 14.4. The van der Waals surface area contributed by atoms with Gasteiger partial charge in [0.2, 0.25) is 11.8 Å². The van der Waals surface area contributed by atoms with E-state index < -0.39 is 5.41 Å². The van der Waals surface area contributed by atoms with Crippen molar-refractivity contribution in [3.63, 3.8) is 0 Å². The first kappa shape index (κ1) is 28.1. The topological polar surface area (TPSA) is 70.5 Å². The zero-order valence-corrected chi connectivity index (χ0v) is 23.9. The highest BCUT2D eigenvalue weighted by Crippen LogP contribution is 2.48. The summed E-state index contributed by atoms with van der Waals surface area (Å²) in [5.41, 5.74) is 2.55. The number of aromatic nitrogens is 2. The van der Waals surface area contributed by atoms with Crippen LogP contribution in [0.1, 0.15) is 42.8 Å². The Morgan fingerprint density at radius 2 is 1.95 bits per heavy atom. The monoisotopic (exact) mass is 557 g/mol. The zero-order valence-electron chi connectivity index (χ0n) is 22.3. The van der Waals surface area contributed by atoms with Crippen molar-refractivity contribution < 1.29 is 14.0 Å². The Kier molecular flexibility index (Phi) is 8.49.